The standard InChI is InChI=1S/C22H32F3NO3/c1-21(2,3)14-4-6-15(7-5-14)26-9-8-19(27)22(28,12-26)13-29-16-10-17(23)20(25)18(24)11-16/h10-11,14-15,19,27-28H,4-9,12-13H2,1-3H3/t14?,15?,19-,22-/m0/s1. The summed E-state index contributed by atoms with van der Waals surface area (Å²) in [4.78, 5) is 2.20. The van der Waals surface area contributed by atoms with Crippen molar-refractivity contribution in [3.05, 3.63) is 29.6 Å². The number of hydrogen-bond donors (Lipinski definition) is 2. The van der Waals surface area contributed by atoms with E-state index in [2.05, 4.69) is 25.7 Å². The molecular formula is C22H32F3NO3. The van der Waals surface area contributed by atoms with Crippen molar-refractivity contribution in [2.75, 3.05) is 19.7 Å². The summed E-state index contributed by atoms with van der Waals surface area (Å²) in [7, 11) is 0. The number of aliphatic hydroxyl groups excluding tert-OH is 1. The lowest BCUT2D eigenvalue weighted by molar-refractivity contribution is -0.147. The Bertz CT molecular complexity index is 693. The van der Waals surface area contributed by atoms with E-state index in [1.807, 2.05) is 0 Å². The molecule has 1 heterocycles. The Morgan fingerprint density at radius 3 is 2.21 bits per heavy atom. The Morgan fingerprint density at radius 2 is 1.66 bits per heavy atom. The molecule has 0 bridgehead atoms. The molecular weight excluding hydrogens is 383 g/mol. The maximum Gasteiger partial charge on any atom is 0.194 e. The van der Waals surface area contributed by atoms with Crippen molar-refractivity contribution >= 4 is 0 Å². The second kappa shape index (κ2) is 8.44. The minimum atomic E-state index is -1.56. The molecule has 1 aliphatic heterocycles. The fourth-order valence-corrected chi connectivity index (χ4v) is 4.68. The van der Waals surface area contributed by atoms with Gasteiger partial charge in [0.15, 0.2) is 17.5 Å². The van der Waals surface area contributed by atoms with Crippen molar-refractivity contribution in [2.24, 2.45) is 11.3 Å². The molecule has 0 spiro atoms. The van der Waals surface area contributed by atoms with Crippen molar-refractivity contribution in [2.45, 2.75) is 70.6 Å². The van der Waals surface area contributed by atoms with Gasteiger partial charge in [-0.2, -0.15) is 0 Å². The number of piperidine rings is 1. The Kier molecular flexibility index (Phi) is 6.51. The van der Waals surface area contributed by atoms with Crippen molar-refractivity contribution in [3.8, 4) is 5.75 Å². The maximum atomic E-state index is 13.4. The molecule has 4 nitrogen and oxygen atoms in total. The van der Waals surface area contributed by atoms with E-state index in [9.17, 15) is 23.4 Å². The van der Waals surface area contributed by atoms with E-state index in [0.717, 1.165) is 37.8 Å². The average molecular weight is 415 g/mol. The van der Waals surface area contributed by atoms with Crippen LogP contribution in [0.2, 0.25) is 0 Å². The van der Waals surface area contributed by atoms with Gasteiger partial charge in [-0.15, -0.1) is 0 Å². The second-order valence-corrected chi connectivity index (χ2v) is 9.74. The largest absolute Gasteiger partial charge is 0.490 e. The second-order valence-electron chi connectivity index (χ2n) is 9.74. The van der Waals surface area contributed by atoms with Crippen LogP contribution >= 0.6 is 0 Å². The molecule has 1 aliphatic carbocycles. The lowest BCUT2D eigenvalue weighted by atomic mass is 9.71. The quantitative estimate of drug-likeness (QED) is 0.733. The molecule has 0 unspecified atom stereocenters. The van der Waals surface area contributed by atoms with Gasteiger partial charge in [0.1, 0.15) is 18.0 Å². The summed E-state index contributed by atoms with van der Waals surface area (Å²) < 4.78 is 45.2. The zero-order chi connectivity index (χ0) is 21.4. The first-order chi connectivity index (χ1) is 13.5. The maximum absolute atomic E-state index is 13.4. The van der Waals surface area contributed by atoms with Crippen molar-refractivity contribution in [1.82, 2.24) is 4.90 Å². The zero-order valence-electron chi connectivity index (χ0n) is 17.4. The van der Waals surface area contributed by atoms with Crippen LogP contribution in [0.5, 0.6) is 5.75 Å². The van der Waals surface area contributed by atoms with Crippen LogP contribution in [0.1, 0.15) is 52.9 Å². The van der Waals surface area contributed by atoms with E-state index in [0.29, 0.717) is 24.9 Å². The fraction of sp³-hybridized carbons (Fsp3) is 0.727. The number of ether oxygens (including phenoxy) is 1. The van der Waals surface area contributed by atoms with Gasteiger partial charge in [0.2, 0.25) is 0 Å². The molecule has 1 saturated carbocycles. The number of hydrogen-bond acceptors (Lipinski definition) is 4. The van der Waals surface area contributed by atoms with Gasteiger partial charge in [-0.05, 0) is 43.4 Å². The van der Waals surface area contributed by atoms with Gasteiger partial charge < -0.3 is 14.9 Å². The third kappa shape index (κ3) is 5.06. The smallest absolute Gasteiger partial charge is 0.194 e. The molecule has 0 amide bonds. The van der Waals surface area contributed by atoms with E-state index in [1.54, 1.807) is 0 Å². The van der Waals surface area contributed by atoms with Crippen LogP contribution in [0.25, 0.3) is 0 Å². The Labute approximate surface area is 170 Å². The number of nitrogens with zero attached hydrogens (tertiary/aromatic N) is 1. The first-order valence-corrected chi connectivity index (χ1v) is 10.4. The van der Waals surface area contributed by atoms with Crippen molar-refractivity contribution < 1.29 is 28.1 Å². The Balaban J connectivity index is 1.62. The van der Waals surface area contributed by atoms with E-state index in [1.165, 1.54) is 0 Å². The van der Waals surface area contributed by atoms with E-state index in [-0.39, 0.29) is 24.3 Å². The normalized spacial score (nSPS) is 31.7. The van der Waals surface area contributed by atoms with Gasteiger partial charge in [0.05, 0.1) is 6.10 Å². The number of β-amino-alcohol motifs (C(OH)–C–C–N with tert-alkyl or cyclic N) is 1. The van der Waals surface area contributed by atoms with E-state index >= 15 is 0 Å². The molecule has 1 aromatic carbocycles. The zero-order valence-corrected chi connectivity index (χ0v) is 17.4. The molecule has 2 fully saturated rings. The van der Waals surface area contributed by atoms with Crippen molar-refractivity contribution in [3.63, 3.8) is 0 Å². The van der Waals surface area contributed by atoms with Gasteiger partial charge in [0, 0.05) is 31.3 Å². The first kappa shape index (κ1) is 22.4. The minimum Gasteiger partial charge on any atom is -0.490 e. The highest BCUT2D eigenvalue weighted by Gasteiger charge is 2.44. The third-order valence-corrected chi connectivity index (χ3v) is 6.67. The van der Waals surface area contributed by atoms with Crippen LogP contribution in [0.4, 0.5) is 13.2 Å². The number of aliphatic hydroxyl groups is 2. The van der Waals surface area contributed by atoms with Gasteiger partial charge in [-0.3, -0.25) is 4.90 Å². The summed E-state index contributed by atoms with van der Waals surface area (Å²) in [6.07, 6.45) is 3.75. The average Bonchev–Trinajstić information content (AvgIpc) is 2.66. The summed E-state index contributed by atoms with van der Waals surface area (Å²) in [6.45, 7) is 7.40. The molecule has 164 valence electrons. The molecule has 7 heteroatoms. The predicted octanol–water partition coefficient (Wildman–Crippen LogP) is 3.89. The summed E-state index contributed by atoms with van der Waals surface area (Å²) in [5, 5.41) is 21.4. The lowest BCUT2D eigenvalue weighted by Crippen LogP contribution is -2.62. The number of rotatable bonds is 4. The van der Waals surface area contributed by atoms with Crippen LogP contribution < -0.4 is 4.74 Å². The van der Waals surface area contributed by atoms with E-state index < -0.39 is 29.2 Å². The molecule has 0 radical (unpaired) electrons. The van der Waals surface area contributed by atoms with Gasteiger partial charge >= 0.3 is 0 Å². The lowest BCUT2D eigenvalue weighted by Gasteiger charge is -2.47. The first-order valence-electron chi connectivity index (χ1n) is 10.4. The van der Waals surface area contributed by atoms with Gasteiger partial charge in [-0.25, -0.2) is 13.2 Å². The van der Waals surface area contributed by atoms with Gasteiger partial charge in [0.25, 0.3) is 0 Å². The molecule has 2 aliphatic rings. The summed E-state index contributed by atoms with van der Waals surface area (Å²) in [5.74, 6) is -3.81. The SMILES string of the molecule is CC(C)(C)C1CCC(N2CC[C@H](O)[C@@](O)(COc3cc(F)c(F)c(F)c3)C2)CC1. The molecule has 1 aromatic rings. The highest BCUT2D eigenvalue weighted by atomic mass is 19.2. The monoisotopic (exact) mass is 415 g/mol. The summed E-state index contributed by atoms with van der Waals surface area (Å²) >= 11 is 0. The summed E-state index contributed by atoms with van der Waals surface area (Å²) in [5.41, 5.74) is -1.27. The molecule has 1 saturated heterocycles. The molecule has 0 aromatic heterocycles. The summed E-state index contributed by atoms with van der Waals surface area (Å²) in [6, 6.07) is 1.82. The predicted molar refractivity (Wildman–Crippen MR) is 104 cm³/mol. The van der Waals surface area contributed by atoms with Crippen LogP contribution in [0.3, 0.4) is 0 Å². The van der Waals surface area contributed by atoms with E-state index in [4.69, 9.17) is 4.74 Å². The van der Waals surface area contributed by atoms with Crippen molar-refractivity contribution in [1.29, 1.82) is 0 Å². The number of halogens is 3. The van der Waals surface area contributed by atoms with Crippen LogP contribution in [0, 0.1) is 28.8 Å². The number of benzene rings is 1. The molecule has 3 rings (SSSR count). The minimum absolute atomic E-state index is 0.218. The fourth-order valence-electron chi connectivity index (χ4n) is 4.68. The van der Waals surface area contributed by atoms with Crippen LogP contribution in [-0.2, 0) is 0 Å². The molecule has 2 N–H and O–H groups in total. The topological polar surface area (TPSA) is 52.9 Å². The molecule has 2 atom stereocenters. The Hall–Kier alpha value is -1.31. The van der Waals surface area contributed by atoms with Crippen LogP contribution in [0.15, 0.2) is 12.1 Å². The molecule has 29 heavy (non-hydrogen) atoms. The van der Waals surface area contributed by atoms with Gasteiger partial charge in [-0.1, -0.05) is 20.8 Å². The highest BCUT2D eigenvalue weighted by Crippen LogP contribution is 2.40. The Morgan fingerprint density at radius 1 is 1.07 bits per heavy atom. The third-order valence-electron chi connectivity index (χ3n) is 6.67. The number of likely N-dealkylation sites (tertiary alicyclic amines) is 1. The highest BCUT2D eigenvalue weighted by molar-refractivity contribution is 5.25. The van der Waals surface area contributed by atoms with Crippen LogP contribution in [-0.4, -0.2) is 52.6 Å².